The van der Waals surface area contributed by atoms with Crippen LogP contribution in [0.5, 0.6) is 0 Å². The van der Waals surface area contributed by atoms with Gasteiger partial charge in [-0.15, -0.1) is 0 Å². The molecule has 0 radical (unpaired) electrons. The number of allylic oxidation sites excluding steroid dienone is 2. The zero-order chi connectivity index (χ0) is 39.9. The molecule has 1 aliphatic carbocycles. The highest BCUT2D eigenvalue weighted by Gasteiger charge is 2.39. The number of rotatable bonds is 35. The Bertz CT molecular complexity index is 1050. The van der Waals surface area contributed by atoms with Gasteiger partial charge in [-0.2, -0.15) is 0 Å². The summed E-state index contributed by atoms with van der Waals surface area (Å²) in [4.78, 5) is 43.1. The molecule has 0 aliphatic heterocycles. The monoisotopic (exact) mass is 789 g/mol. The van der Waals surface area contributed by atoms with Gasteiger partial charge >= 0.3 is 19.8 Å². The molecule has 0 amide bonds. The van der Waals surface area contributed by atoms with Crippen molar-refractivity contribution in [3.8, 4) is 0 Å². The van der Waals surface area contributed by atoms with Crippen molar-refractivity contribution in [2.45, 2.75) is 205 Å². The minimum atomic E-state index is -4.82. The molecule has 1 rings (SSSR count). The fourth-order valence-electron chi connectivity index (χ4n) is 7.01. The molecule has 6 atom stereocenters. The number of hydrogen-bond acceptors (Lipinski definition) is 9. The van der Waals surface area contributed by atoms with Gasteiger partial charge in [-0.05, 0) is 38.0 Å². The number of phosphoric acid groups is 1. The van der Waals surface area contributed by atoms with E-state index in [4.69, 9.17) is 19.3 Å². The Morgan fingerprint density at radius 1 is 0.704 bits per heavy atom. The van der Waals surface area contributed by atoms with Crippen molar-refractivity contribution in [3.05, 3.63) is 24.3 Å². The summed E-state index contributed by atoms with van der Waals surface area (Å²) < 4.78 is 26.4. The number of aliphatic hydroxyl groups is 3. The number of hydrogen-bond donors (Lipinski definition) is 5. The number of unbranched alkanes of at least 4 members (excludes halogenated alkanes) is 18. The number of ether oxygens (including phenoxy) is 2. The Hall–Kier alpha value is -1.59. The summed E-state index contributed by atoms with van der Waals surface area (Å²) in [6, 6.07) is 0. The average Bonchev–Trinajstić information content (AvgIpc) is 3.40. The predicted molar refractivity (Wildman–Crippen MR) is 214 cm³/mol. The fraction of sp³-hybridized carbons (Fsp3) is 0.857. The molecular formula is C42H77O11P. The van der Waals surface area contributed by atoms with E-state index in [-0.39, 0.29) is 37.7 Å². The number of esters is 2. The Morgan fingerprint density at radius 2 is 1.24 bits per heavy atom. The molecule has 0 bridgehead atoms. The average molecular weight is 789 g/mol. The summed E-state index contributed by atoms with van der Waals surface area (Å²) in [5.41, 5.74) is 0. The van der Waals surface area contributed by atoms with E-state index in [1.165, 1.54) is 77.0 Å². The van der Waals surface area contributed by atoms with Gasteiger partial charge in [0.15, 0.2) is 6.10 Å². The van der Waals surface area contributed by atoms with Crippen molar-refractivity contribution in [1.82, 2.24) is 0 Å². The normalized spacial score (nSPS) is 20.2. The molecule has 54 heavy (non-hydrogen) atoms. The van der Waals surface area contributed by atoms with Crippen molar-refractivity contribution >= 4 is 19.8 Å². The molecule has 0 aromatic heterocycles. The second-order valence-corrected chi connectivity index (χ2v) is 16.5. The molecule has 11 nitrogen and oxygen atoms in total. The van der Waals surface area contributed by atoms with E-state index in [9.17, 15) is 29.5 Å². The van der Waals surface area contributed by atoms with E-state index in [1.54, 1.807) is 6.08 Å². The second kappa shape index (κ2) is 32.5. The summed E-state index contributed by atoms with van der Waals surface area (Å²) in [5.74, 6) is -1.49. The molecule has 12 heteroatoms. The molecular weight excluding hydrogens is 711 g/mol. The summed E-state index contributed by atoms with van der Waals surface area (Å²) in [6.07, 6.45) is 29.9. The number of aliphatic hydroxyl groups excluding tert-OH is 3. The van der Waals surface area contributed by atoms with Crippen LogP contribution in [0, 0.1) is 11.8 Å². The molecule has 0 heterocycles. The van der Waals surface area contributed by atoms with Crippen LogP contribution in [0.15, 0.2) is 24.3 Å². The molecule has 0 aromatic rings. The van der Waals surface area contributed by atoms with Gasteiger partial charge in [0.25, 0.3) is 0 Å². The SMILES string of the molecule is CCCCCCCCCCCCCCCCCCC(=O)OC[C@H](COP(=O)(O)O)OC(=O)CCC/C=C/C[C@@H]1[C@@H](/C=C/[C@@H](O)CCCCC)[C@H](O)C[C@@H]1O. The van der Waals surface area contributed by atoms with Crippen molar-refractivity contribution in [2.24, 2.45) is 11.8 Å². The zero-order valence-corrected chi connectivity index (χ0v) is 34.6. The Balaban J connectivity index is 2.28. The minimum Gasteiger partial charge on any atom is -0.462 e. The summed E-state index contributed by atoms with van der Waals surface area (Å²) in [6.45, 7) is 3.39. The number of phosphoric ester groups is 1. The highest BCUT2D eigenvalue weighted by Crippen LogP contribution is 2.37. The Kier molecular flexibility index (Phi) is 30.3. The molecule has 0 unspecified atom stereocenters. The van der Waals surface area contributed by atoms with Crippen molar-refractivity contribution in [2.75, 3.05) is 13.2 Å². The van der Waals surface area contributed by atoms with Crippen LogP contribution >= 0.6 is 7.82 Å². The quantitative estimate of drug-likeness (QED) is 0.0179. The predicted octanol–water partition coefficient (Wildman–Crippen LogP) is 9.17. The fourth-order valence-corrected chi connectivity index (χ4v) is 7.38. The topological polar surface area (TPSA) is 180 Å². The summed E-state index contributed by atoms with van der Waals surface area (Å²) in [5, 5.41) is 31.2. The van der Waals surface area contributed by atoms with Gasteiger partial charge in [0.2, 0.25) is 0 Å². The van der Waals surface area contributed by atoms with Crippen LogP contribution < -0.4 is 0 Å². The molecule has 5 N–H and O–H groups in total. The van der Waals surface area contributed by atoms with E-state index in [2.05, 4.69) is 18.4 Å². The van der Waals surface area contributed by atoms with E-state index >= 15 is 0 Å². The maximum atomic E-state index is 12.5. The minimum absolute atomic E-state index is 0.0376. The van der Waals surface area contributed by atoms with Crippen LogP contribution in [0.4, 0.5) is 0 Å². The van der Waals surface area contributed by atoms with Gasteiger partial charge in [0.1, 0.15) is 6.61 Å². The van der Waals surface area contributed by atoms with Gasteiger partial charge in [-0.3, -0.25) is 14.1 Å². The van der Waals surface area contributed by atoms with Gasteiger partial charge < -0.3 is 34.6 Å². The highest BCUT2D eigenvalue weighted by atomic mass is 31.2. The zero-order valence-electron chi connectivity index (χ0n) is 33.7. The first-order valence-electron chi connectivity index (χ1n) is 21.4. The Labute approximate surface area is 327 Å². The third-order valence-corrected chi connectivity index (χ3v) is 10.8. The third kappa shape index (κ3) is 27.9. The third-order valence-electron chi connectivity index (χ3n) is 10.3. The van der Waals surface area contributed by atoms with Crippen LogP contribution in [0.1, 0.15) is 181 Å². The van der Waals surface area contributed by atoms with Crippen molar-refractivity contribution in [3.63, 3.8) is 0 Å². The first-order chi connectivity index (χ1) is 26.0. The lowest BCUT2D eigenvalue weighted by Crippen LogP contribution is -2.29. The lowest BCUT2D eigenvalue weighted by Gasteiger charge is -2.19. The van der Waals surface area contributed by atoms with E-state index < -0.39 is 50.8 Å². The molecule has 1 saturated carbocycles. The van der Waals surface area contributed by atoms with Gasteiger partial charge in [-0.1, -0.05) is 154 Å². The molecule has 0 saturated heterocycles. The summed E-state index contributed by atoms with van der Waals surface area (Å²) in [7, 11) is -4.82. The maximum Gasteiger partial charge on any atom is 0.469 e. The van der Waals surface area contributed by atoms with Crippen molar-refractivity contribution < 1.29 is 53.3 Å². The van der Waals surface area contributed by atoms with E-state index in [0.29, 0.717) is 32.1 Å². The van der Waals surface area contributed by atoms with Gasteiger partial charge in [0.05, 0.1) is 24.9 Å². The second-order valence-electron chi connectivity index (χ2n) is 15.3. The maximum absolute atomic E-state index is 12.5. The van der Waals surface area contributed by atoms with Gasteiger partial charge in [-0.25, -0.2) is 4.57 Å². The largest absolute Gasteiger partial charge is 0.469 e. The van der Waals surface area contributed by atoms with Crippen LogP contribution in [-0.4, -0.2) is 74.7 Å². The van der Waals surface area contributed by atoms with Crippen molar-refractivity contribution in [1.29, 1.82) is 0 Å². The molecule has 316 valence electrons. The van der Waals surface area contributed by atoms with E-state index in [0.717, 1.165) is 38.5 Å². The molecule has 0 aromatic carbocycles. The molecule has 1 fully saturated rings. The van der Waals surface area contributed by atoms with Crippen LogP contribution in [0.3, 0.4) is 0 Å². The number of carbonyl (C=O) groups excluding carboxylic acids is 2. The smallest absolute Gasteiger partial charge is 0.462 e. The first-order valence-corrected chi connectivity index (χ1v) is 22.9. The lowest BCUT2D eigenvalue weighted by atomic mass is 9.89. The van der Waals surface area contributed by atoms with Crippen LogP contribution in [-0.2, 0) is 28.2 Å². The first kappa shape index (κ1) is 50.4. The number of carbonyl (C=O) groups is 2. The molecule has 1 aliphatic rings. The van der Waals surface area contributed by atoms with Gasteiger partial charge in [0, 0.05) is 25.2 Å². The van der Waals surface area contributed by atoms with Crippen LogP contribution in [0.25, 0.3) is 0 Å². The summed E-state index contributed by atoms with van der Waals surface area (Å²) >= 11 is 0. The van der Waals surface area contributed by atoms with E-state index in [1.807, 2.05) is 18.2 Å². The lowest BCUT2D eigenvalue weighted by molar-refractivity contribution is -0.161. The standard InChI is InChI=1S/C42H77O11P/c1-3-5-7-8-9-10-11-12-13-14-15-16-17-18-19-24-28-41(46)51-33-36(34-52-54(48,49)50)53-42(47)29-25-21-20-23-27-37-38(40(45)32-39(37)44)31-30-35(43)26-22-6-4-2/h20,23,30-31,35-40,43-45H,3-19,21-22,24-29,32-34H2,1-2H3,(H2,48,49,50)/b23-20+,31-30+/t35-,36+,37+,38+,39-,40+/m0/s1. The molecule has 0 spiro atoms. The van der Waals surface area contributed by atoms with Crippen LogP contribution in [0.2, 0.25) is 0 Å². The Morgan fingerprint density at radius 3 is 1.81 bits per heavy atom. The highest BCUT2D eigenvalue weighted by molar-refractivity contribution is 7.46.